The summed E-state index contributed by atoms with van der Waals surface area (Å²) < 4.78 is 76.1. The third-order valence-electron chi connectivity index (χ3n) is 5.11. The number of aromatic nitrogens is 4. The highest BCUT2D eigenvalue weighted by Crippen LogP contribution is 2.29. The van der Waals surface area contributed by atoms with Crippen LogP contribution in [-0.4, -0.2) is 63.7 Å². The summed E-state index contributed by atoms with van der Waals surface area (Å²) in [5, 5.41) is 7.98. The summed E-state index contributed by atoms with van der Waals surface area (Å²) in [6.07, 6.45) is -6.67. The lowest BCUT2D eigenvalue weighted by Gasteiger charge is -2.34. The minimum atomic E-state index is -4.79. The van der Waals surface area contributed by atoms with Crippen LogP contribution in [0, 0.1) is 0 Å². The van der Waals surface area contributed by atoms with Crippen LogP contribution in [0.15, 0.2) is 23.3 Å². The van der Waals surface area contributed by atoms with Gasteiger partial charge in [-0.05, 0) is 12.8 Å². The van der Waals surface area contributed by atoms with Crippen LogP contribution in [0.4, 0.5) is 38.1 Å². The number of piperazine rings is 1. The van der Waals surface area contributed by atoms with Crippen LogP contribution in [0.3, 0.4) is 0 Å². The number of hydrogen-bond acceptors (Lipinski definition) is 7. The molecule has 3 rings (SSSR count). The maximum absolute atomic E-state index is 12.7. The first-order chi connectivity index (χ1) is 15.9. The summed E-state index contributed by atoms with van der Waals surface area (Å²) in [5.74, 6) is -0.0647. The van der Waals surface area contributed by atoms with Gasteiger partial charge in [-0.25, -0.2) is 15.1 Å². The minimum Gasteiger partial charge on any atom is -0.369 e. The number of hydrogen-bond donors (Lipinski definition) is 2. The Morgan fingerprint density at radius 3 is 2.24 bits per heavy atom. The Morgan fingerprint density at radius 1 is 1.00 bits per heavy atom. The summed E-state index contributed by atoms with van der Waals surface area (Å²) in [6, 6.07) is 0.629. The highest BCUT2D eigenvalue weighted by Gasteiger charge is 2.34. The first-order valence-corrected chi connectivity index (χ1v) is 10.3. The predicted molar refractivity (Wildman–Crippen MR) is 108 cm³/mol. The largest absolute Gasteiger partial charge is 0.421 e. The molecule has 0 aliphatic carbocycles. The van der Waals surface area contributed by atoms with Crippen LogP contribution in [0.25, 0.3) is 0 Å². The summed E-state index contributed by atoms with van der Waals surface area (Å²) in [5.41, 5.74) is -3.61. The van der Waals surface area contributed by atoms with E-state index in [9.17, 15) is 35.9 Å². The normalized spacial score (nSPS) is 14.9. The highest BCUT2D eigenvalue weighted by molar-refractivity contribution is 5.76. The van der Waals surface area contributed by atoms with Crippen LogP contribution in [-0.2, 0) is 17.1 Å². The molecule has 1 amide bonds. The molecule has 0 unspecified atom stereocenters. The maximum atomic E-state index is 12.7. The molecular weight excluding hydrogens is 472 g/mol. The summed E-state index contributed by atoms with van der Waals surface area (Å²) in [7, 11) is 0. The Balaban J connectivity index is 1.38. The second-order valence-corrected chi connectivity index (χ2v) is 7.51. The number of alkyl halides is 6. The van der Waals surface area contributed by atoms with Crippen molar-refractivity contribution in [3.63, 3.8) is 0 Å². The first kappa shape index (κ1) is 25.2. The Bertz CT molecular complexity index is 1030. The number of nitrogens with zero attached hydrogens (tertiary/aromatic N) is 5. The smallest absolute Gasteiger partial charge is 0.369 e. The molecule has 15 heteroatoms. The molecule has 1 aliphatic heterocycles. The van der Waals surface area contributed by atoms with Crippen molar-refractivity contribution >= 4 is 17.7 Å². The van der Waals surface area contributed by atoms with E-state index >= 15 is 0 Å². The van der Waals surface area contributed by atoms with Gasteiger partial charge < -0.3 is 15.1 Å². The van der Waals surface area contributed by atoms with Gasteiger partial charge in [-0.15, -0.1) is 0 Å². The number of unbranched alkanes of at least 4 members (excludes halogenated alkanes) is 1. The molecule has 34 heavy (non-hydrogen) atoms. The number of rotatable bonds is 7. The molecule has 2 aromatic heterocycles. The van der Waals surface area contributed by atoms with Crippen LogP contribution in [0.2, 0.25) is 0 Å². The van der Waals surface area contributed by atoms with Crippen LogP contribution in [0.5, 0.6) is 0 Å². The third-order valence-corrected chi connectivity index (χ3v) is 5.11. The molecule has 1 saturated heterocycles. The average Bonchev–Trinajstić information content (AvgIpc) is 2.78. The van der Waals surface area contributed by atoms with Gasteiger partial charge in [0.15, 0.2) is 0 Å². The van der Waals surface area contributed by atoms with Gasteiger partial charge in [0, 0.05) is 57.6 Å². The van der Waals surface area contributed by atoms with Gasteiger partial charge in [0.1, 0.15) is 11.4 Å². The van der Waals surface area contributed by atoms with Crippen molar-refractivity contribution in [3.05, 3.63) is 39.9 Å². The SMILES string of the molecule is O=C(CCCCNc1cc(C(F)(F)F)c(=O)[nH]n1)N1CCN(c2ncc(C(F)(F)F)cn2)CC1. The fourth-order valence-corrected chi connectivity index (χ4v) is 3.27. The van der Waals surface area contributed by atoms with Crippen LogP contribution in [0.1, 0.15) is 30.4 Å². The monoisotopic (exact) mass is 493 g/mol. The second-order valence-electron chi connectivity index (χ2n) is 7.51. The maximum Gasteiger partial charge on any atom is 0.421 e. The van der Waals surface area contributed by atoms with E-state index in [1.165, 1.54) is 0 Å². The summed E-state index contributed by atoms with van der Waals surface area (Å²) >= 11 is 0. The van der Waals surface area contributed by atoms with Gasteiger partial charge in [-0.1, -0.05) is 0 Å². The third kappa shape index (κ3) is 6.57. The summed E-state index contributed by atoms with van der Waals surface area (Å²) in [4.78, 5) is 34.4. The lowest BCUT2D eigenvalue weighted by Crippen LogP contribution is -2.49. The Morgan fingerprint density at radius 2 is 1.65 bits per heavy atom. The van der Waals surface area contributed by atoms with E-state index in [2.05, 4.69) is 20.4 Å². The zero-order valence-electron chi connectivity index (χ0n) is 17.7. The quantitative estimate of drug-likeness (QED) is 0.451. The molecule has 186 valence electrons. The Labute approximate surface area is 189 Å². The van der Waals surface area contributed by atoms with Gasteiger partial charge in [0.2, 0.25) is 11.9 Å². The van der Waals surface area contributed by atoms with Gasteiger partial charge in [0.05, 0.1) is 5.56 Å². The molecule has 1 fully saturated rings. The topological polar surface area (TPSA) is 107 Å². The molecule has 0 atom stereocenters. The van der Waals surface area contributed by atoms with Crippen molar-refractivity contribution in [2.24, 2.45) is 0 Å². The molecule has 2 aromatic rings. The number of amides is 1. The van der Waals surface area contributed by atoms with E-state index < -0.39 is 29.0 Å². The zero-order chi connectivity index (χ0) is 24.9. The molecule has 0 aromatic carbocycles. The first-order valence-electron chi connectivity index (χ1n) is 10.3. The lowest BCUT2D eigenvalue weighted by molar-refractivity contribution is -0.139. The van der Waals surface area contributed by atoms with E-state index in [4.69, 9.17) is 0 Å². The molecule has 0 bridgehead atoms. The van der Waals surface area contributed by atoms with E-state index in [1.54, 1.807) is 14.9 Å². The minimum absolute atomic E-state index is 0.102. The number of aromatic amines is 1. The van der Waals surface area contributed by atoms with Gasteiger partial charge in [-0.2, -0.15) is 31.4 Å². The number of nitrogens with one attached hydrogen (secondary N) is 2. The van der Waals surface area contributed by atoms with Crippen molar-refractivity contribution in [1.82, 2.24) is 25.1 Å². The number of halogens is 6. The van der Waals surface area contributed by atoms with Crippen LogP contribution >= 0.6 is 0 Å². The van der Waals surface area contributed by atoms with Crippen LogP contribution < -0.4 is 15.8 Å². The lowest BCUT2D eigenvalue weighted by atomic mass is 10.2. The van der Waals surface area contributed by atoms with E-state index in [0.717, 1.165) is 12.4 Å². The van der Waals surface area contributed by atoms with Gasteiger partial charge in [-0.3, -0.25) is 9.59 Å². The van der Waals surface area contributed by atoms with Gasteiger partial charge >= 0.3 is 12.4 Å². The van der Waals surface area contributed by atoms with Crippen molar-refractivity contribution in [1.29, 1.82) is 0 Å². The highest BCUT2D eigenvalue weighted by atomic mass is 19.4. The predicted octanol–water partition coefficient (Wildman–Crippen LogP) is 2.53. The molecule has 2 N–H and O–H groups in total. The Kier molecular flexibility index (Phi) is 7.61. The number of carbonyl (C=O) groups excluding carboxylic acids is 1. The Hall–Kier alpha value is -3.39. The van der Waals surface area contributed by atoms with Crippen molar-refractivity contribution in [2.45, 2.75) is 31.6 Å². The average molecular weight is 493 g/mol. The molecule has 3 heterocycles. The molecular formula is C19H21F6N7O2. The summed E-state index contributed by atoms with van der Waals surface area (Å²) in [6.45, 7) is 1.73. The standard InChI is InChI=1S/C19H21F6N7O2/c20-18(21,22)12-10-27-17(28-11-12)32-7-5-31(6-8-32)15(33)3-1-2-4-26-14-9-13(19(23,24)25)16(34)30-29-14/h9-11H,1-8H2,(H,26,29)(H,30,34). The molecule has 0 radical (unpaired) electrons. The number of anilines is 2. The zero-order valence-corrected chi connectivity index (χ0v) is 17.7. The van der Waals surface area contributed by atoms with E-state index in [0.29, 0.717) is 45.1 Å². The fraction of sp³-hybridized carbons (Fsp3) is 0.526. The number of carbonyl (C=O) groups is 1. The van der Waals surface area contributed by atoms with Crippen molar-refractivity contribution < 1.29 is 31.1 Å². The van der Waals surface area contributed by atoms with Crippen molar-refractivity contribution in [2.75, 3.05) is 42.9 Å². The van der Waals surface area contributed by atoms with Crippen molar-refractivity contribution in [3.8, 4) is 0 Å². The molecule has 0 saturated carbocycles. The molecule has 1 aliphatic rings. The number of H-pyrrole nitrogens is 1. The van der Waals surface area contributed by atoms with Gasteiger partial charge in [0.25, 0.3) is 5.56 Å². The van der Waals surface area contributed by atoms with E-state index in [-0.39, 0.29) is 30.6 Å². The second kappa shape index (κ2) is 10.3. The fourth-order valence-electron chi connectivity index (χ4n) is 3.27. The van der Waals surface area contributed by atoms with E-state index in [1.807, 2.05) is 0 Å². The molecule has 9 nitrogen and oxygen atoms in total. The molecule has 0 spiro atoms.